The first-order valence-electron chi connectivity index (χ1n) is 7.22. The molecule has 3 rings (SSSR count). The van der Waals surface area contributed by atoms with E-state index in [2.05, 4.69) is 61.9 Å². The van der Waals surface area contributed by atoms with Crippen molar-refractivity contribution in [2.75, 3.05) is 6.54 Å². The first-order chi connectivity index (χ1) is 10.3. The third kappa shape index (κ3) is 3.84. The van der Waals surface area contributed by atoms with Gasteiger partial charge >= 0.3 is 0 Å². The molecular formula is C14H18BrN5S. The lowest BCUT2D eigenvalue weighted by atomic mass is 10.2. The van der Waals surface area contributed by atoms with Crippen molar-refractivity contribution in [2.24, 2.45) is 0 Å². The SMILES string of the molecule is CCCNCc1ccc(Br)cc1Sc1nnnn1C1CC1. The molecule has 0 bridgehead atoms. The van der Waals surface area contributed by atoms with Crippen molar-refractivity contribution >= 4 is 27.7 Å². The molecule has 2 aromatic rings. The molecule has 21 heavy (non-hydrogen) atoms. The molecule has 1 aromatic carbocycles. The zero-order chi connectivity index (χ0) is 14.7. The summed E-state index contributed by atoms with van der Waals surface area (Å²) in [5.74, 6) is 0. The second-order valence-electron chi connectivity index (χ2n) is 5.17. The number of halogens is 1. The van der Waals surface area contributed by atoms with Crippen molar-refractivity contribution in [1.82, 2.24) is 25.5 Å². The largest absolute Gasteiger partial charge is 0.313 e. The number of hydrogen-bond donors (Lipinski definition) is 1. The van der Waals surface area contributed by atoms with Crippen LogP contribution in [0.4, 0.5) is 0 Å². The summed E-state index contributed by atoms with van der Waals surface area (Å²) in [4.78, 5) is 1.20. The van der Waals surface area contributed by atoms with E-state index in [0.29, 0.717) is 6.04 Å². The molecule has 1 saturated carbocycles. The van der Waals surface area contributed by atoms with E-state index in [0.717, 1.165) is 29.1 Å². The van der Waals surface area contributed by atoms with E-state index >= 15 is 0 Å². The fraction of sp³-hybridized carbons (Fsp3) is 0.500. The van der Waals surface area contributed by atoms with Crippen LogP contribution in [0, 0.1) is 0 Å². The van der Waals surface area contributed by atoms with Crippen molar-refractivity contribution in [1.29, 1.82) is 0 Å². The van der Waals surface area contributed by atoms with Gasteiger partial charge in [0.1, 0.15) is 0 Å². The number of hydrogen-bond acceptors (Lipinski definition) is 5. The maximum atomic E-state index is 4.17. The van der Waals surface area contributed by atoms with Gasteiger partial charge in [0.2, 0.25) is 5.16 Å². The Morgan fingerprint density at radius 2 is 2.29 bits per heavy atom. The molecule has 0 spiro atoms. The summed E-state index contributed by atoms with van der Waals surface area (Å²) in [5.41, 5.74) is 1.28. The molecule has 0 amide bonds. The Kier molecular flexibility index (Phi) is 4.92. The van der Waals surface area contributed by atoms with Crippen LogP contribution in [0.25, 0.3) is 0 Å². The minimum atomic E-state index is 0.497. The summed E-state index contributed by atoms with van der Waals surface area (Å²) in [7, 11) is 0. The molecule has 7 heteroatoms. The Hall–Kier alpha value is -0.920. The van der Waals surface area contributed by atoms with Crippen LogP contribution in [0.1, 0.15) is 37.8 Å². The smallest absolute Gasteiger partial charge is 0.214 e. The number of aromatic nitrogens is 4. The predicted molar refractivity (Wildman–Crippen MR) is 86.4 cm³/mol. The first kappa shape index (κ1) is 15.0. The van der Waals surface area contributed by atoms with E-state index in [-0.39, 0.29) is 0 Å². The summed E-state index contributed by atoms with van der Waals surface area (Å²) < 4.78 is 3.03. The highest BCUT2D eigenvalue weighted by Gasteiger charge is 2.28. The Balaban J connectivity index is 1.79. The number of benzene rings is 1. The Morgan fingerprint density at radius 1 is 1.43 bits per heavy atom. The predicted octanol–water partition coefficient (Wildman–Crippen LogP) is 3.42. The summed E-state index contributed by atoms with van der Waals surface area (Å²) in [5, 5.41) is 16.4. The maximum Gasteiger partial charge on any atom is 0.214 e. The Morgan fingerprint density at radius 3 is 3.05 bits per heavy atom. The molecule has 5 nitrogen and oxygen atoms in total. The van der Waals surface area contributed by atoms with Gasteiger partial charge in [0.15, 0.2) is 0 Å². The second kappa shape index (κ2) is 6.89. The summed E-state index contributed by atoms with van der Waals surface area (Å²) in [6.45, 7) is 4.07. The van der Waals surface area contributed by atoms with Crippen LogP contribution < -0.4 is 5.32 Å². The Labute approximate surface area is 137 Å². The Bertz CT molecular complexity index is 611. The fourth-order valence-corrected chi connectivity index (χ4v) is 3.59. The van der Waals surface area contributed by atoms with Crippen molar-refractivity contribution < 1.29 is 0 Å². The van der Waals surface area contributed by atoms with E-state index in [1.807, 2.05) is 4.68 Å². The molecule has 0 radical (unpaired) electrons. The molecule has 0 atom stereocenters. The van der Waals surface area contributed by atoms with E-state index in [4.69, 9.17) is 0 Å². The van der Waals surface area contributed by atoms with E-state index < -0.39 is 0 Å². The van der Waals surface area contributed by atoms with Crippen molar-refractivity contribution in [2.45, 2.75) is 48.8 Å². The van der Waals surface area contributed by atoms with Gasteiger partial charge in [-0.05, 0) is 65.7 Å². The van der Waals surface area contributed by atoms with Gasteiger partial charge in [-0.15, -0.1) is 5.10 Å². The highest BCUT2D eigenvalue weighted by Crippen LogP contribution is 2.39. The maximum absolute atomic E-state index is 4.17. The number of nitrogens with one attached hydrogen (secondary N) is 1. The average molecular weight is 368 g/mol. The number of tetrazole rings is 1. The van der Waals surface area contributed by atoms with Gasteiger partial charge in [0.05, 0.1) is 6.04 Å². The van der Waals surface area contributed by atoms with Crippen LogP contribution in [0.15, 0.2) is 32.7 Å². The highest BCUT2D eigenvalue weighted by atomic mass is 79.9. The quantitative estimate of drug-likeness (QED) is 0.759. The second-order valence-corrected chi connectivity index (χ2v) is 7.09. The number of rotatable bonds is 7. The first-order valence-corrected chi connectivity index (χ1v) is 8.83. The van der Waals surface area contributed by atoms with E-state index in [1.54, 1.807) is 11.8 Å². The third-order valence-corrected chi connectivity index (χ3v) is 4.87. The molecule has 0 unspecified atom stereocenters. The molecule has 1 fully saturated rings. The van der Waals surface area contributed by atoms with Gasteiger partial charge in [0, 0.05) is 15.9 Å². The summed E-state index contributed by atoms with van der Waals surface area (Å²) >= 11 is 5.19. The van der Waals surface area contributed by atoms with Gasteiger partial charge in [-0.25, -0.2) is 4.68 Å². The van der Waals surface area contributed by atoms with Gasteiger partial charge < -0.3 is 5.32 Å². The van der Waals surface area contributed by atoms with Crippen LogP contribution in [-0.2, 0) is 6.54 Å². The van der Waals surface area contributed by atoms with E-state index in [9.17, 15) is 0 Å². The fourth-order valence-electron chi connectivity index (χ4n) is 2.07. The lowest BCUT2D eigenvalue weighted by Gasteiger charge is -2.10. The van der Waals surface area contributed by atoms with Crippen molar-refractivity contribution in [3.63, 3.8) is 0 Å². The lowest BCUT2D eigenvalue weighted by Crippen LogP contribution is -2.14. The highest BCUT2D eigenvalue weighted by molar-refractivity contribution is 9.10. The minimum Gasteiger partial charge on any atom is -0.313 e. The molecule has 1 aromatic heterocycles. The lowest BCUT2D eigenvalue weighted by molar-refractivity contribution is 0.565. The van der Waals surface area contributed by atoms with Gasteiger partial charge in [-0.1, -0.05) is 28.9 Å². The molecule has 0 saturated heterocycles. The van der Waals surface area contributed by atoms with E-state index in [1.165, 1.54) is 23.3 Å². The normalized spacial score (nSPS) is 14.6. The third-order valence-electron chi connectivity index (χ3n) is 3.33. The summed E-state index contributed by atoms with van der Waals surface area (Å²) in [6.07, 6.45) is 3.50. The monoisotopic (exact) mass is 367 g/mol. The van der Waals surface area contributed by atoms with Gasteiger partial charge in [0.25, 0.3) is 0 Å². The molecular weight excluding hydrogens is 350 g/mol. The zero-order valence-corrected chi connectivity index (χ0v) is 14.3. The summed E-state index contributed by atoms with van der Waals surface area (Å²) in [6, 6.07) is 6.87. The topological polar surface area (TPSA) is 55.6 Å². The van der Waals surface area contributed by atoms with Crippen LogP contribution in [0.5, 0.6) is 0 Å². The average Bonchev–Trinajstić information content (AvgIpc) is 3.22. The van der Waals surface area contributed by atoms with Gasteiger partial charge in [-0.3, -0.25) is 0 Å². The molecule has 1 aliphatic rings. The van der Waals surface area contributed by atoms with Crippen LogP contribution in [0.2, 0.25) is 0 Å². The molecule has 1 aliphatic carbocycles. The van der Waals surface area contributed by atoms with Crippen molar-refractivity contribution in [3.8, 4) is 0 Å². The molecule has 1 N–H and O–H groups in total. The van der Waals surface area contributed by atoms with Crippen LogP contribution >= 0.6 is 27.7 Å². The molecule has 1 heterocycles. The molecule has 0 aliphatic heterocycles. The van der Waals surface area contributed by atoms with Crippen LogP contribution in [0.3, 0.4) is 0 Å². The number of nitrogens with zero attached hydrogens (tertiary/aromatic N) is 4. The minimum absolute atomic E-state index is 0.497. The standard InChI is InChI=1S/C14H18BrN5S/c1-2-7-16-9-10-3-4-11(15)8-13(10)21-14-17-18-19-20(14)12-5-6-12/h3-4,8,12,16H,2,5-7,9H2,1H3. The zero-order valence-electron chi connectivity index (χ0n) is 11.9. The molecule has 112 valence electrons. The van der Waals surface area contributed by atoms with Crippen molar-refractivity contribution in [3.05, 3.63) is 28.2 Å². The van der Waals surface area contributed by atoms with Crippen LogP contribution in [-0.4, -0.2) is 26.8 Å². The van der Waals surface area contributed by atoms with Gasteiger partial charge in [-0.2, -0.15) is 0 Å².